The van der Waals surface area contributed by atoms with Crippen LogP contribution in [0.5, 0.6) is 0 Å². The molecule has 0 aliphatic heterocycles. The van der Waals surface area contributed by atoms with E-state index < -0.39 is 0 Å². The Morgan fingerprint density at radius 2 is 1.83 bits per heavy atom. The molecule has 18 heavy (non-hydrogen) atoms. The first-order valence-electron chi connectivity index (χ1n) is 6.69. The van der Waals surface area contributed by atoms with Crippen molar-refractivity contribution in [2.45, 2.75) is 50.5 Å². The lowest BCUT2D eigenvalue weighted by Gasteiger charge is -2.32. The summed E-state index contributed by atoms with van der Waals surface area (Å²) in [4.78, 5) is 24.6. The smallest absolute Gasteiger partial charge is 0.223 e. The molecule has 0 spiro atoms. The average Bonchev–Trinajstić information content (AvgIpc) is 2.28. The largest absolute Gasteiger partial charge is 0.356 e. The Hall–Kier alpha value is -1.10. The van der Waals surface area contributed by atoms with Crippen LogP contribution in [0.1, 0.15) is 44.9 Å². The lowest BCUT2D eigenvalue weighted by Crippen LogP contribution is -2.46. The van der Waals surface area contributed by atoms with Crippen LogP contribution < -0.4 is 11.1 Å². The molecule has 1 rings (SSSR count). The van der Waals surface area contributed by atoms with Crippen molar-refractivity contribution in [3.05, 3.63) is 0 Å². The summed E-state index contributed by atoms with van der Waals surface area (Å²) in [6.07, 6.45) is 6.03. The van der Waals surface area contributed by atoms with Crippen LogP contribution >= 0.6 is 0 Å². The predicted octanol–water partition coefficient (Wildman–Crippen LogP) is 0.633. The fourth-order valence-corrected chi connectivity index (χ4v) is 2.35. The molecule has 0 aromatic carbocycles. The standard InChI is InChI=1S/C13H25N3O2/c1-16(2)12(18)6-9-15-11(17)10-13(14)7-4-3-5-8-13/h3-10,14H2,1-2H3,(H,15,17). The summed E-state index contributed by atoms with van der Waals surface area (Å²) in [6.45, 7) is 0.395. The molecule has 0 atom stereocenters. The van der Waals surface area contributed by atoms with Crippen molar-refractivity contribution in [2.75, 3.05) is 20.6 Å². The predicted molar refractivity (Wildman–Crippen MR) is 70.9 cm³/mol. The summed E-state index contributed by atoms with van der Waals surface area (Å²) in [6, 6.07) is 0. The van der Waals surface area contributed by atoms with E-state index in [0.29, 0.717) is 19.4 Å². The third kappa shape index (κ3) is 5.04. The fraction of sp³-hybridized carbons (Fsp3) is 0.846. The van der Waals surface area contributed by atoms with E-state index in [1.807, 2.05) is 0 Å². The van der Waals surface area contributed by atoms with Gasteiger partial charge in [0, 0.05) is 39.0 Å². The molecule has 0 radical (unpaired) electrons. The molecule has 0 aromatic rings. The van der Waals surface area contributed by atoms with E-state index in [1.54, 1.807) is 14.1 Å². The van der Waals surface area contributed by atoms with Gasteiger partial charge in [-0.15, -0.1) is 0 Å². The van der Waals surface area contributed by atoms with Crippen LogP contribution in [-0.4, -0.2) is 42.9 Å². The molecule has 0 bridgehead atoms. The second-order valence-electron chi connectivity index (χ2n) is 5.49. The Morgan fingerprint density at radius 3 is 2.39 bits per heavy atom. The maximum Gasteiger partial charge on any atom is 0.223 e. The lowest BCUT2D eigenvalue weighted by atomic mass is 9.80. The molecule has 5 nitrogen and oxygen atoms in total. The van der Waals surface area contributed by atoms with Gasteiger partial charge < -0.3 is 16.0 Å². The van der Waals surface area contributed by atoms with Crippen LogP contribution in [0.15, 0.2) is 0 Å². The third-order valence-electron chi connectivity index (χ3n) is 3.52. The molecular weight excluding hydrogens is 230 g/mol. The number of hydrogen-bond acceptors (Lipinski definition) is 3. The Morgan fingerprint density at radius 1 is 1.22 bits per heavy atom. The molecular formula is C13H25N3O2. The SMILES string of the molecule is CN(C)C(=O)CCNC(=O)CC1(N)CCCCC1. The first-order chi connectivity index (χ1) is 8.43. The third-order valence-corrected chi connectivity index (χ3v) is 3.52. The molecule has 5 heteroatoms. The highest BCUT2D eigenvalue weighted by molar-refractivity contribution is 5.79. The van der Waals surface area contributed by atoms with Gasteiger partial charge in [0.2, 0.25) is 11.8 Å². The number of hydrogen-bond donors (Lipinski definition) is 2. The van der Waals surface area contributed by atoms with E-state index in [0.717, 1.165) is 25.7 Å². The van der Waals surface area contributed by atoms with Crippen molar-refractivity contribution in [2.24, 2.45) is 5.73 Å². The number of rotatable bonds is 5. The minimum atomic E-state index is -0.326. The molecule has 0 heterocycles. The highest BCUT2D eigenvalue weighted by Gasteiger charge is 2.29. The lowest BCUT2D eigenvalue weighted by molar-refractivity contribution is -0.128. The molecule has 1 fully saturated rings. The molecule has 1 aliphatic rings. The molecule has 0 aromatic heterocycles. The van der Waals surface area contributed by atoms with Gasteiger partial charge in [0.15, 0.2) is 0 Å². The number of nitrogens with two attached hydrogens (primary N) is 1. The number of nitrogens with one attached hydrogen (secondary N) is 1. The molecule has 104 valence electrons. The average molecular weight is 255 g/mol. The molecule has 1 aliphatic carbocycles. The molecule has 0 saturated heterocycles. The Bertz CT molecular complexity index is 297. The zero-order valence-electron chi connectivity index (χ0n) is 11.5. The van der Waals surface area contributed by atoms with Gasteiger partial charge in [0.25, 0.3) is 0 Å². The number of nitrogens with zero attached hydrogens (tertiary/aromatic N) is 1. The number of carbonyl (C=O) groups excluding carboxylic acids is 2. The summed E-state index contributed by atoms with van der Waals surface area (Å²) in [7, 11) is 3.42. The summed E-state index contributed by atoms with van der Waals surface area (Å²) in [5.74, 6) is -0.0126. The molecule has 2 amide bonds. The van der Waals surface area contributed by atoms with Gasteiger partial charge in [-0.05, 0) is 12.8 Å². The van der Waals surface area contributed by atoms with Crippen LogP contribution in [0.25, 0.3) is 0 Å². The minimum absolute atomic E-state index is 0.0235. The second-order valence-corrected chi connectivity index (χ2v) is 5.49. The number of carbonyl (C=O) groups is 2. The van der Waals surface area contributed by atoms with Gasteiger partial charge in [-0.1, -0.05) is 19.3 Å². The van der Waals surface area contributed by atoms with Crippen LogP contribution in [-0.2, 0) is 9.59 Å². The highest BCUT2D eigenvalue weighted by Crippen LogP contribution is 2.28. The zero-order valence-corrected chi connectivity index (χ0v) is 11.5. The van der Waals surface area contributed by atoms with E-state index in [2.05, 4.69) is 5.32 Å². The maximum atomic E-state index is 11.8. The first-order valence-corrected chi connectivity index (χ1v) is 6.69. The van der Waals surface area contributed by atoms with Crippen molar-refractivity contribution in [1.29, 1.82) is 0 Å². The van der Waals surface area contributed by atoms with Crippen molar-refractivity contribution in [1.82, 2.24) is 10.2 Å². The number of amides is 2. The van der Waals surface area contributed by atoms with Crippen LogP contribution in [0.3, 0.4) is 0 Å². The van der Waals surface area contributed by atoms with Crippen LogP contribution in [0.2, 0.25) is 0 Å². The molecule has 3 N–H and O–H groups in total. The van der Waals surface area contributed by atoms with E-state index in [9.17, 15) is 9.59 Å². The van der Waals surface area contributed by atoms with Gasteiger partial charge in [0.05, 0.1) is 0 Å². The summed E-state index contributed by atoms with van der Waals surface area (Å²) < 4.78 is 0. The van der Waals surface area contributed by atoms with E-state index in [1.165, 1.54) is 11.3 Å². The topological polar surface area (TPSA) is 75.4 Å². The second kappa shape index (κ2) is 6.73. The van der Waals surface area contributed by atoms with Gasteiger partial charge >= 0.3 is 0 Å². The summed E-state index contributed by atoms with van der Waals surface area (Å²) in [5.41, 5.74) is 5.88. The van der Waals surface area contributed by atoms with E-state index in [4.69, 9.17) is 5.73 Å². The van der Waals surface area contributed by atoms with E-state index in [-0.39, 0.29) is 17.4 Å². The van der Waals surface area contributed by atoms with Gasteiger partial charge in [-0.2, -0.15) is 0 Å². The Balaban J connectivity index is 2.23. The van der Waals surface area contributed by atoms with Crippen molar-refractivity contribution in [3.63, 3.8) is 0 Å². The van der Waals surface area contributed by atoms with Crippen molar-refractivity contribution in [3.8, 4) is 0 Å². The van der Waals surface area contributed by atoms with Gasteiger partial charge in [-0.25, -0.2) is 0 Å². The van der Waals surface area contributed by atoms with E-state index >= 15 is 0 Å². The monoisotopic (exact) mass is 255 g/mol. The minimum Gasteiger partial charge on any atom is -0.356 e. The van der Waals surface area contributed by atoms with Gasteiger partial charge in [0.1, 0.15) is 0 Å². The first kappa shape index (κ1) is 15.0. The molecule has 1 saturated carbocycles. The van der Waals surface area contributed by atoms with Gasteiger partial charge in [-0.3, -0.25) is 9.59 Å². The van der Waals surface area contributed by atoms with Crippen molar-refractivity contribution >= 4 is 11.8 Å². The van der Waals surface area contributed by atoms with Crippen LogP contribution in [0.4, 0.5) is 0 Å². The highest BCUT2D eigenvalue weighted by atomic mass is 16.2. The van der Waals surface area contributed by atoms with Crippen molar-refractivity contribution < 1.29 is 9.59 Å². The van der Waals surface area contributed by atoms with Crippen LogP contribution in [0, 0.1) is 0 Å². The Kier molecular flexibility index (Phi) is 5.59. The zero-order chi connectivity index (χ0) is 13.6. The summed E-state index contributed by atoms with van der Waals surface area (Å²) in [5, 5.41) is 2.77. The maximum absolute atomic E-state index is 11.8. The molecule has 0 unspecified atom stereocenters. The fourth-order valence-electron chi connectivity index (χ4n) is 2.35. The Labute approximate surface area is 109 Å². The normalized spacial score (nSPS) is 18.2. The quantitative estimate of drug-likeness (QED) is 0.756. The summed E-state index contributed by atoms with van der Waals surface area (Å²) >= 11 is 0.